The fourth-order valence-electron chi connectivity index (χ4n) is 2.15. The number of carboxylic acids is 1. The molecule has 18 heavy (non-hydrogen) atoms. The molecule has 0 amide bonds. The molecule has 0 heterocycles. The number of carbonyl (C=O) groups is 1. The molecule has 1 atom stereocenters. The average Bonchev–Trinajstić information content (AvgIpc) is 2.33. The highest BCUT2D eigenvalue weighted by Gasteiger charge is 2.42. The van der Waals surface area contributed by atoms with Crippen LogP contribution in [0.15, 0.2) is 18.2 Å². The Morgan fingerprint density at radius 1 is 1.33 bits per heavy atom. The predicted octanol–water partition coefficient (Wildman–Crippen LogP) is 2.61. The fraction of sp³-hybridized carbons (Fsp3) is 0.462. The van der Waals surface area contributed by atoms with Crippen LogP contribution in [0.3, 0.4) is 0 Å². The predicted molar refractivity (Wildman–Crippen MR) is 64.3 cm³/mol. The van der Waals surface area contributed by atoms with Gasteiger partial charge in [-0.2, -0.15) is 0 Å². The number of rotatable bonds is 5. The van der Waals surface area contributed by atoms with E-state index in [0.29, 0.717) is 13.1 Å². The van der Waals surface area contributed by atoms with E-state index in [1.54, 1.807) is 18.7 Å². The third-order valence-corrected chi connectivity index (χ3v) is 3.27. The number of aliphatic carboxylic acids is 1. The molecule has 0 aliphatic heterocycles. The second-order valence-electron chi connectivity index (χ2n) is 4.17. The third kappa shape index (κ3) is 2.36. The Morgan fingerprint density at radius 2 is 1.89 bits per heavy atom. The van der Waals surface area contributed by atoms with E-state index in [9.17, 15) is 18.7 Å². The summed E-state index contributed by atoms with van der Waals surface area (Å²) in [5.41, 5.74) is -1.73. The smallest absolute Gasteiger partial charge is 0.328 e. The summed E-state index contributed by atoms with van der Waals surface area (Å²) in [6.07, 6.45) is 0. The normalized spacial score (nSPS) is 14.6. The molecule has 0 bridgehead atoms. The Bertz CT molecular complexity index is 447. The minimum Gasteiger partial charge on any atom is -0.480 e. The highest BCUT2D eigenvalue weighted by molar-refractivity contribution is 5.80. The van der Waals surface area contributed by atoms with Gasteiger partial charge in [0.05, 0.1) is 0 Å². The molecule has 5 heteroatoms. The van der Waals surface area contributed by atoms with E-state index in [-0.39, 0.29) is 5.56 Å². The lowest BCUT2D eigenvalue weighted by Crippen LogP contribution is -2.50. The van der Waals surface area contributed by atoms with Crippen molar-refractivity contribution in [3.8, 4) is 0 Å². The van der Waals surface area contributed by atoms with E-state index in [2.05, 4.69) is 0 Å². The molecule has 3 nitrogen and oxygen atoms in total. The van der Waals surface area contributed by atoms with Crippen molar-refractivity contribution in [3.63, 3.8) is 0 Å². The van der Waals surface area contributed by atoms with Gasteiger partial charge in [-0.25, -0.2) is 13.6 Å². The maximum absolute atomic E-state index is 13.8. The topological polar surface area (TPSA) is 40.5 Å². The van der Waals surface area contributed by atoms with Crippen molar-refractivity contribution in [2.75, 3.05) is 13.1 Å². The van der Waals surface area contributed by atoms with Crippen molar-refractivity contribution in [1.29, 1.82) is 0 Å². The van der Waals surface area contributed by atoms with Crippen molar-refractivity contribution >= 4 is 5.97 Å². The highest BCUT2D eigenvalue weighted by atomic mass is 19.1. The van der Waals surface area contributed by atoms with Gasteiger partial charge in [0.1, 0.15) is 17.2 Å². The van der Waals surface area contributed by atoms with Gasteiger partial charge < -0.3 is 5.11 Å². The average molecular weight is 257 g/mol. The van der Waals surface area contributed by atoms with Gasteiger partial charge in [0.2, 0.25) is 0 Å². The zero-order chi connectivity index (χ0) is 13.9. The van der Waals surface area contributed by atoms with Crippen LogP contribution in [0, 0.1) is 11.6 Å². The SMILES string of the molecule is CCN(CC)C(C)(C(=O)O)c1cc(F)ccc1F. The highest BCUT2D eigenvalue weighted by Crippen LogP contribution is 2.31. The summed E-state index contributed by atoms with van der Waals surface area (Å²) in [4.78, 5) is 13.1. The maximum Gasteiger partial charge on any atom is 0.328 e. The molecule has 0 saturated heterocycles. The van der Waals surface area contributed by atoms with Crippen LogP contribution in [0.4, 0.5) is 8.78 Å². The van der Waals surface area contributed by atoms with Gasteiger partial charge in [-0.05, 0) is 38.2 Å². The van der Waals surface area contributed by atoms with Crippen LogP contribution >= 0.6 is 0 Å². The van der Waals surface area contributed by atoms with Gasteiger partial charge in [-0.3, -0.25) is 4.90 Å². The second kappa shape index (κ2) is 5.44. The molecule has 100 valence electrons. The van der Waals surface area contributed by atoms with Crippen LogP contribution in [0.1, 0.15) is 26.3 Å². The Kier molecular flexibility index (Phi) is 4.40. The molecule has 1 aromatic carbocycles. The molecule has 0 spiro atoms. The van der Waals surface area contributed by atoms with E-state index >= 15 is 0 Å². The largest absolute Gasteiger partial charge is 0.480 e. The Morgan fingerprint density at radius 3 is 2.33 bits per heavy atom. The molecular formula is C13H17F2NO2. The third-order valence-electron chi connectivity index (χ3n) is 3.27. The van der Waals surface area contributed by atoms with Crippen LogP contribution in [0.25, 0.3) is 0 Å². The van der Waals surface area contributed by atoms with Gasteiger partial charge in [-0.15, -0.1) is 0 Å². The summed E-state index contributed by atoms with van der Waals surface area (Å²) < 4.78 is 27.0. The first-order chi connectivity index (χ1) is 8.37. The van der Waals surface area contributed by atoms with Crippen LogP contribution < -0.4 is 0 Å². The first-order valence-electron chi connectivity index (χ1n) is 5.81. The van der Waals surface area contributed by atoms with Crippen molar-refractivity contribution in [1.82, 2.24) is 4.90 Å². The van der Waals surface area contributed by atoms with E-state index in [0.717, 1.165) is 18.2 Å². The molecular weight excluding hydrogens is 240 g/mol. The van der Waals surface area contributed by atoms with Gasteiger partial charge in [0.25, 0.3) is 0 Å². The zero-order valence-electron chi connectivity index (χ0n) is 10.7. The summed E-state index contributed by atoms with van der Waals surface area (Å²) in [5, 5.41) is 9.40. The van der Waals surface area contributed by atoms with Gasteiger partial charge in [0.15, 0.2) is 0 Å². The molecule has 0 radical (unpaired) electrons. The number of nitrogens with zero attached hydrogens (tertiary/aromatic N) is 1. The summed E-state index contributed by atoms with van der Waals surface area (Å²) in [6.45, 7) is 5.80. The monoisotopic (exact) mass is 257 g/mol. The van der Waals surface area contributed by atoms with Gasteiger partial charge >= 0.3 is 5.97 Å². The Balaban J connectivity index is 3.44. The molecule has 0 fully saturated rings. The summed E-state index contributed by atoms with van der Waals surface area (Å²) in [7, 11) is 0. The fourth-order valence-corrected chi connectivity index (χ4v) is 2.15. The molecule has 0 saturated carbocycles. The molecule has 0 aromatic heterocycles. The minimum atomic E-state index is -1.57. The zero-order valence-corrected chi connectivity index (χ0v) is 10.7. The molecule has 1 N–H and O–H groups in total. The molecule has 1 unspecified atom stereocenters. The number of hydrogen-bond acceptors (Lipinski definition) is 2. The van der Waals surface area contributed by atoms with E-state index in [1.807, 2.05) is 0 Å². The van der Waals surface area contributed by atoms with Crippen molar-refractivity contribution in [3.05, 3.63) is 35.4 Å². The molecule has 0 aliphatic carbocycles. The number of carboxylic acid groups (broad SMARTS) is 1. The first kappa shape index (κ1) is 14.6. The van der Waals surface area contributed by atoms with Crippen LogP contribution in [-0.4, -0.2) is 29.1 Å². The standard InChI is InChI=1S/C13H17F2NO2/c1-4-16(5-2)13(3,12(17)18)10-8-9(14)6-7-11(10)15/h6-8H,4-5H2,1-3H3,(H,17,18). The quantitative estimate of drug-likeness (QED) is 0.881. The van der Waals surface area contributed by atoms with Crippen LogP contribution in [0.5, 0.6) is 0 Å². The lowest BCUT2D eigenvalue weighted by Gasteiger charge is -2.37. The van der Waals surface area contributed by atoms with Crippen molar-refractivity contribution < 1.29 is 18.7 Å². The maximum atomic E-state index is 13.8. The molecule has 1 rings (SSSR count). The lowest BCUT2D eigenvalue weighted by molar-refractivity contribution is -0.151. The number of hydrogen-bond donors (Lipinski definition) is 1. The lowest BCUT2D eigenvalue weighted by atomic mass is 9.89. The van der Waals surface area contributed by atoms with Gasteiger partial charge in [0, 0.05) is 5.56 Å². The summed E-state index contributed by atoms with van der Waals surface area (Å²) in [6, 6.07) is 2.88. The number of benzene rings is 1. The second-order valence-corrected chi connectivity index (χ2v) is 4.17. The Labute approximate surface area is 105 Å². The first-order valence-corrected chi connectivity index (χ1v) is 5.81. The molecule has 1 aromatic rings. The van der Waals surface area contributed by atoms with Crippen LogP contribution in [0.2, 0.25) is 0 Å². The van der Waals surface area contributed by atoms with E-state index in [4.69, 9.17) is 0 Å². The summed E-state index contributed by atoms with van der Waals surface area (Å²) in [5.74, 6) is -2.56. The van der Waals surface area contributed by atoms with Gasteiger partial charge in [-0.1, -0.05) is 13.8 Å². The van der Waals surface area contributed by atoms with Crippen molar-refractivity contribution in [2.24, 2.45) is 0 Å². The van der Waals surface area contributed by atoms with E-state index in [1.165, 1.54) is 6.92 Å². The minimum absolute atomic E-state index is 0.154. The number of likely N-dealkylation sites (N-methyl/N-ethyl adjacent to an activating group) is 1. The number of halogens is 2. The van der Waals surface area contributed by atoms with Crippen molar-refractivity contribution in [2.45, 2.75) is 26.3 Å². The molecule has 0 aliphatic rings. The Hall–Kier alpha value is -1.49. The van der Waals surface area contributed by atoms with E-state index < -0.39 is 23.1 Å². The summed E-state index contributed by atoms with van der Waals surface area (Å²) >= 11 is 0. The van der Waals surface area contributed by atoms with Crippen LogP contribution in [-0.2, 0) is 10.3 Å².